The van der Waals surface area contributed by atoms with Gasteiger partial charge in [-0.15, -0.1) is 0 Å². The Hall–Kier alpha value is -1.59. The zero-order valence-corrected chi connectivity index (χ0v) is 33.3. The highest BCUT2D eigenvalue weighted by Crippen LogP contribution is 2.17. The Morgan fingerprint density at radius 1 is 0.429 bits per heavy atom. The molecule has 49 heavy (non-hydrogen) atoms. The molecule has 1 unspecified atom stereocenters. The summed E-state index contributed by atoms with van der Waals surface area (Å²) in [4.78, 5) is 37.3. The van der Waals surface area contributed by atoms with Gasteiger partial charge in [0.15, 0.2) is 6.10 Å². The van der Waals surface area contributed by atoms with Gasteiger partial charge in [0.05, 0.1) is 0 Å². The summed E-state index contributed by atoms with van der Waals surface area (Å²) in [6.07, 6.45) is 32.6. The maximum Gasteiger partial charge on any atom is 0.306 e. The van der Waals surface area contributed by atoms with E-state index >= 15 is 0 Å². The molecule has 0 N–H and O–H groups in total. The second-order valence-corrected chi connectivity index (χ2v) is 15.3. The van der Waals surface area contributed by atoms with Gasteiger partial charge in [-0.05, 0) is 31.1 Å². The first-order chi connectivity index (χ1) is 23.8. The molecule has 0 bridgehead atoms. The molecular formula is C43H82O6. The number of esters is 3. The topological polar surface area (TPSA) is 78.9 Å². The van der Waals surface area contributed by atoms with Crippen LogP contribution in [0.25, 0.3) is 0 Å². The van der Waals surface area contributed by atoms with Gasteiger partial charge in [0.25, 0.3) is 0 Å². The number of carbonyl (C=O) groups excluding carboxylic acids is 3. The van der Waals surface area contributed by atoms with Crippen molar-refractivity contribution in [2.45, 2.75) is 233 Å². The fourth-order valence-electron chi connectivity index (χ4n) is 6.19. The summed E-state index contributed by atoms with van der Waals surface area (Å²) < 4.78 is 16.6. The first kappa shape index (κ1) is 47.4. The normalized spacial score (nSPS) is 12.6. The number of hydrogen-bond donors (Lipinski definition) is 0. The summed E-state index contributed by atoms with van der Waals surface area (Å²) in [5.74, 6) is 0.802. The third kappa shape index (κ3) is 36.0. The summed E-state index contributed by atoms with van der Waals surface area (Å²) in [7, 11) is 0. The van der Waals surface area contributed by atoms with Crippen molar-refractivity contribution in [3.63, 3.8) is 0 Å². The van der Waals surface area contributed by atoms with Crippen molar-refractivity contribution in [2.75, 3.05) is 13.2 Å². The first-order valence-corrected chi connectivity index (χ1v) is 21.3. The SMILES string of the molecule is CCCCCCCC(=O)O[C@H](COC(=O)CCCCCCCCCCCCC(C)CC)COC(=O)CCCCCCCCCCCC(C)C. The van der Waals surface area contributed by atoms with E-state index in [1.54, 1.807) is 0 Å². The van der Waals surface area contributed by atoms with Crippen molar-refractivity contribution < 1.29 is 28.6 Å². The predicted octanol–water partition coefficient (Wildman–Crippen LogP) is 13.0. The van der Waals surface area contributed by atoms with E-state index in [1.807, 2.05) is 0 Å². The second-order valence-electron chi connectivity index (χ2n) is 15.3. The van der Waals surface area contributed by atoms with Crippen LogP contribution in [0.3, 0.4) is 0 Å². The molecule has 0 fully saturated rings. The van der Waals surface area contributed by atoms with Crippen LogP contribution in [0.5, 0.6) is 0 Å². The van der Waals surface area contributed by atoms with Gasteiger partial charge in [-0.25, -0.2) is 0 Å². The third-order valence-corrected chi connectivity index (χ3v) is 9.83. The van der Waals surface area contributed by atoms with Gasteiger partial charge in [0.2, 0.25) is 0 Å². The average molecular weight is 695 g/mol. The smallest absolute Gasteiger partial charge is 0.306 e. The Kier molecular flexibility index (Phi) is 35.0. The Labute approximate surface area is 304 Å². The molecule has 0 aromatic rings. The zero-order valence-electron chi connectivity index (χ0n) is 33.3. The van der Waals surface area contributed by atoms with E-state index in [1.165, 1.54) is 109 Å². The number of unbranched alkanes of at least 4 members (excludes halogenated alkanes) is 21. The first-order valence-electron chi connectivity index (χ1n) is 21.3. The van der Waals surface area contributed by atoms with Crippen molar-refractivity contribution in [1.82, 2.24) is 0 Å². The molecule has 0 rings (SSSR count). The molecular weight excluding hydrogens is 612 g/mol. The van der Waals surface area contributed by atoms with Crippen molar-refractivity contribution in [3.8, 4) is 0 Å². The van der Waals surface area contributed by atoms with Crippen molar-refractivity contribution >= 4 is 17.9 Å². The molecule has 6 heteroatoms. The summed E-state index contributed by atoms with van der Waals surface area (Å²) in [5.41, 5.74) is 0. The maximum absolute atomic E-state index is 12.5. The predicted molar refractivity (Wildman–Crippen MR) is 206 cm³/mol. The van der Waals surface area contributed by atoms with Crippen LogP contribution in [0.4, 0.5) is 0 Å². The molecule has 2 atom stereocenters. The van der Waals surface area contributed by atoms with Gasteiger partial charge in [-0.3, -0.25) is 14.4 Å². The largest absolute Gasteiger partial charge is 0.462 e. The van der Waals surface area contributed by atoms with Crippen LogP contribution in [0, 0.1) is 11.8 Å². The van der Waals surface area contributed by atoms with Crippen molar-refractivity contribution in [1.29, 1.82) is 0 Å². The molecule has 0 saturated heterocycles. The second kappa shape index (κ2) is 36.2. The lowest BCUT2D eigenvalue weighted by Gasteiger charge is -2.18. The van der Waals surface area contributed by atoms with Gasteiger partial charge >= 0.3 is 17.9 Å². The van der Waals surface area contributed by atoms with Gasteiger partial charge < -0.3 is 14.2 Å². The Morgan fingerprint density at radius 2 is 0.776 bits per heavy atom. The fraction of sp³-hybridized carbons (Fsp3) is 0.930. The van der Waals surface area contributed by atoms with Crippen molar-refractivity contribution in [3.05, 3.63) is 0 Å². The van der Waals surface area contributed by atoms with E-state index in [2.05, 4.69) is 34.6 Å². The highest BCUT2D eigenvalue weighted by atomic mass is 16.6. The molecule has 0 aliphatic carbocycles. The van der Waals surface area contributed by atoms with E-state index < -0.39 is 6.10 Å². The molecule has 0 saturated carbocycles. The lowest BCUT2D eigenvalue weighted by atomic mass is 9.99. The molecule has 6 nitrogen and oxygen atoms in total. The van der Waals surface area contributed by atoms with Crippen LogP contribution < -0.4 is 0 Å². The molecule has 0 spiro atoms. The summed E-state index contributed by atoms with van der Waals surface area (Å²) in [6, 6.07) is 0. The van der Waals surface area contributed by atoms with Gasteiger partial charge in [-0.2, -0.15) is 0 Å². The van der Waals surface area contributed by atoms with E-state index in [0.717, 1.165) is 76.0 Å². The molecule has 290 valence electrons. The maximum atomic E-state index is 12.5. The lowest BCUT2D eigenvalue weighted by molar-refractivity contribution is -0.167. The van der Waals surface area contributed by atoms with Crippen LogP contribution in [0.2, 0.25) is 0 Å². The van der Waals surface area contributed by atoms with E-state index in [0.29, 0.717) is 19.3 Å². The quantitative estimate of drug-likeness (QED) is 0.0366. The summed E-state index contributed by atoms with van der Waals surface area (Å²) in [5, 5.41) is 0. The van der Waals surface area contributed by atoms with Gasteiger partial charge in [0, 0.05) is 19.3 Å². The highest BCUT2D eigenvalue weighted by Gasteiger charge is 2.19. The molecule has 0 aliphatic heterocycles. The zero-order chi connectivity index (χ0) is 36.2. The number of ether oxygens (including phenoxy) is 3. The minimum absolute atomic E-state index is 0.0669. The lowest BCUT2D eigenvalue weighted by Crippen LogP contribution is -2.30. The van der Waals surface area contributed by atoms with Crippen molar-refractivity contribution in [2.24, 2.45) is 11.8 Å². The Bertz CT molecular complexity index is 751. The number of rotatable bonds is 37. The number of carbonyl (C=O) groups is 3. The van der Waals surface area contributed by atoms with Gasteiger partial charge in [-0.1, -0.05) is 189 Å². The van der Waals surface area contributed by atoms with Gasteiger partial charge in [0.1, 0.15) is 13.2 Å². The molecule has 0 radical (unpaired) electrons. The molecule has 0 amide bonds. The third-order valence-electron chi connectivity index (χ3n) is 9.83. The Balaban J connectivity index is 4.19. The average Bonchev–Trinajstić information content (AvgIpc) is 3.08. The molecule has 0 aliphatic rings. The Morgan fingerprint density at radius 3 is 1.16 bits per heavy atom. The van der Waals surface area contributed by atoms with Crippen LogP contribution >= 0.6 is 0 Å². The summed E-state index contributed by atoms with van der Waals surface area (Å²) in [6.45, 7) is 11.2. The molecule has 0 aromatic carbocycles. The highest BCUT2D eigenvalue weighted by molar-refractivity contribution is 5.71. The van der Waals surface area contributed by atoms with Crippen LogP contribution in [0.15, 0.2) is 0 Å². The van der Waals surface area contributed by atoms with E-state index in [-0.39, 0.29) is 31.1 Å². The standard InChI is InChI=1S/C43H82O6/c1-6-8-9-21-30-35-43(46)49-40(37-48-42(45)34-29-25-20-16-12-13-17-22-26-31-38(3)4)36-47-41(44)33-28-24-19-15-11-10-14-18-23-27-32-39(5)7-2/h38-40H,6-37H2,1-5H3/t39?,40-/m1/s1. The fourth-order valence-corrected chi connectivity index (χ4v) is 6.19. The minimum Gasteiger partial charge on any atom is -0.462 e. The van der Waals surface area contributed by atoms with E-state index in [9.17, 15) is 14.4 Å². The van der Waals surface area contributed by atoms with Crippen LogP contribution in [-0.4, -0.2) is 37.2 Å². The minimum atomic E-state index is -0.758. The van der Waals surface area contributed by atoms with Crippen LogP contribution in [0.1, 0.15) is 227 Å². The molecule has 0 heterocycles. The van der Waals surface area contributed by atoms with E-state index in [4.69, 9.17) is 14.2 Å². The monoisotopic (exact) mass is 695 g/mol. The number of hydrogen-bond acceptors (Lipinski definition) is 6. The van der Waals surface area contributed by atoms with Crippen LogP contribution in [-0.2, 0) is 28.6 Å². The molecule has 0 aromatic heterocycles. The summed E-state index contributed by atoms with van der Waals surface area (Å²) >= 11 is 0.